The molecular weight excluding hydrogens is 417 g/mol. The maximum Gasteiger partial charge on any atom is 0.191 e. The zero-order chi connectivity index (χ0) is 14.7. The number of hydrogen-bond donors (Lipinski definition) is 2. The maximum atomic E-state index is 6.23. The second kappa shape index (κ2) is 8.10. The van der Waals surface area contributed by atoms with E-state index in [1.165, 1.54) is 12.8 Å². The van der Waals surface area contributed by atoms with Crippen LogP contribution in [0.4, 0.5) is 0 Å². The molecule has 1 aromatic rings. The first-order valence-corrected chi connectivity index (χ1v) is 7.77. The molecule has 1 saturated carbocycles. The summed E-state index contributed by atoms with van der Waals surface area (Å²) in [5.74, 6) is 2.20. The lowest BCUT2D eigenvalue weighted by Gasteiger charge is -2.20. The van der Waals surface area contributed by atoms with Crippen molar-refractivity contribution in [3.8, 4) is 11.5 Å². The smallest absolute Gasteiger partial charge is 0.191 e. The fourth-order valence-corrected chi connectivity index (χ4v) is 2.45. The van der Waals surface area contributed by atoms with Crippen LogP contribution in [0.1, 0.15) is 25.3 Å². The van der Waals surface area contributed by atoms with Crippen LogP contribution in [0.5, 0.6) is 11.5 Å². The van der Waals surface area contributed by atoms with Gasteiger partial charge in [-0.25, -0.2) is 4.99 Å². The molecule has 2 N–H and O–H groups in total. The molecule has 0 bridgehead atoms. The van der Waals surface area contributed by atoms with Crippen LogP contribution in [-0.4, -0.2) is 31.8 Å². The molecule has 0 amide bonds. The van der Waals surface area contributed by atoms with Crippen LogP contribution in [0.3, 0.4) is 0 Å². The number of nitrogens with zero attached hydrogens (tertiary/aromatic N) is 1. The van der Waals surface area contributed by atoms with Gasteiger partial charge in [-0.15, -0.1) is 24.0 Å². The van der Waals surface area contributed by atoms with Crippen molar-refractivity contribution in [3.63, 3.8) is 0 Å². The van der Waals surface area contributed by atoms with Gasteiger partial charge in [-0.2, -0.15) is 0 Å². The van der Waals surface area contributed by atoms with E-state index in [1.807, 2.05) is 12.1 Å². The van der Waals surface area contributed by atoms with Gasteiger partial charge < -0.3 is 20.1 Å². The van der Waals surface area contributed by atoms with E-state index in [4.69, 9.17) is 21.1 Å². The molecule has 0 unspecified atom stereocenters. The van der Waals surface area contributed by atoms with Crippen molar-refractivity contribution in [2.45, 2.75) is 32.4 Å². The highest BCUT2D eigenvalue weighted by molar-refractivity contribution is 14.0. The quantitative estimate of drug-likeness (QED) is 0.432. The Balaban J connectivity index is 0.00000176. The predicted octanol–water partition coefficient (Wildman–Crippen LogP) is 2.95. The molecule has 5 nitrogen and oxygen atoms in total. The average Bonchev–Trinajstić information content (AvgIpc) is 3.29. The highest BCUT2D eigenvalue weighted by Gasteiger charge is 2.22. The Bertz CT molecular complexity index is 550. The van der Waals surface area contributed by atoms with Gasteiger partial charge in [-0.3, -0.25) is 0 Å². The Morgan fingerprint density at radius 3 is 2.82 bits per heavy atom. The Hall–Kier alpha value is -0.890. The summed E-state index contributed by atoms with van der Waals surface area (Å²) in [4.78, 5) is 4.59. The fourth-order valence-electron chi connectivity index (χ4n) is 2.17. The third-order valence-corrected chi connectivity index (χ3v) is 3.62. The van der Waals surface area contributed by atoms with Crippen LogP contribution in [-0.2, 0) is 6.54 Å². The van der Waals surface area contributed by atoms with Gasteiger partial charge >= 0.3 is 0 Å². The van der Waals surface area contributed by atoms with Crippen LogP contribution in [0, 0.1) is 0 Å². The van der Waals surface area contributed by atoms with Crippen molar-refractivity contribution < 1.29 is 9.47 Å². The molecule has 2 aliphatic rings. The highest BCUT2D eigenvalue weighted by atomic mass is 127. The predicted molar refractivity (Wildman–Crippen MR) is 98.8 cm³/mol. The lowest BCUT2D eigenvalue weighted by molar-refractivity contribution is 0.171. The number of hydrogen-bond acceptors (Lipinski definition) is 3. The average molecular weight is 438 g/mol. The van der Waals surface area contributed by atoms with Crippen molar-refractivity contribution >= 4 is 41.5 Å². The molecule has 1 fully saturated rings. The highest BCUT2D eigenvalue weighted by Crippen LogP contribution is 2.38. The molecule has 122 valence electrons. The van der Waals surface area contributed by atoms with Crippen molar-refractivity contribution in [2.24, 2.45) is 4.99 Å². The lowest BCUT2D eigenvalue weighted by atomic mass is 10.2. The van der Waals surface area contributed by atoms with E-state index in [0.29, 0.717) is 42.3 Å². The molecule has 1 aliphatic heterocycles. The van der Waals surface area contributed by atoms with Gasteiger partial charge in [0.25, 0.3) is 0 Å². The minimum absolute atomic E-state index is 0. The first-order valence-electron chi connectivity index (χ1n) is 7.39. The Labute approximate surface area is 152 Å². The third-order valence-electron chi connectivity index (χ3n) is 3.34. The lowest BCUT2D eigenvalue weighted by Crippen LogP contribution is -2.38. The van der Waals surface area contributed by atoms with Crippen LogP contribution < -0.4 is 20.1 Å². The number of halogens is 2. The molecule has 0 spiro atoms. The van der Waals surface area contributed by atoms with E-state index in [-0.39, 0.29) is 24.0 Å². The summed E-state index contributed by atoms with van der Waals surface area (Å²) in [5.41, 5.74) is 1.01. The van der Waals surface area contributed by atoms with E-state index in [1.54, 1.807) is 0 Å². The first-order chi connectivity index (χ1) is 10.3. The summed E-state index contributed by atoms with van der Waals surface area (Å²) >= 11 is 6.23. The van der Waals surface area contributed by atoms with E-state index in [0.717, 1.165) is 18.1 Å². The number of rotatable bonds is 4. The Morgan fingerprint density at radius 1 is 1.32 bits per heavy atom. The van der Waals surface area contributed by atoms with Gasteiger partial charge in [0.1, 0.15) is 13.2 Å². The van der Waals surface area contributed by atoms with E-state index >= 15 is 0 Å². The molecule has 0 radical (unpaired) electrons. The zero-order valence-electron chi connectivity index (χ0n) is 12.5. The van der Waals surface area contributed by atoms with Crippen molar-refractivity contribution in [1.82, 2.24) is 10.6 Å². The molecule has 0 saturated heterocycles. The summed E-state index contributed by atoms with van der Waals surface area (Å²) in [6.07, 6.45) is 2.44. The van der Waals surface area contributed by atoms with Crippen molar-refractivity contribution in [1.29, 1.82) is 0 Å². The number of benzene rings is 1. The van der Waals surface area contributed by atoms with Crippen molar-refractivity contribution in [3.05, 3.63) is 22.7 Å². The van der Waals surface area contributed by atoms with Gasteiger partial charge in [0.2, 0.25) is 0 Å². The maximum absolute atomic E-state index is 6.23. The van der Waals surface area contributed by atoms with Crippen LogP contribution in [0.2, 0.25) is 5.02 Å². The zero-order valence-corrected chi connectivity index (χ0v) is 15.6. The van der Waals surface area contributed by atoms with Gasteiger partial charge in [0.05, 0.1) is 11.6 Å². The summed E-state index contributed by atoms with van der Waals surface area (Å²) in [6.45, 7) is 4.56. The normalized spacial score (nSPS) is 16.7. The topological polar surface area (TPSA) is 54.9 Å². The summed E-state index contributed by atoms with van der Waals surface area (Å²) in [5, 5.41) is 7.22. The summed E-state index contributed by atoms with van der Waals surface area (Å²) in [6, 6.07) is 4.41. The van der Waals surface area contributed by atoms with Gasteiger partial charge in [0.15, 0.2) is 17.5 Å². The second-order valence-electron chi connectivity index (χ2n) is 5.22. The van der Waals surface area contributed by atoms with E-state index in [2.05, 4.69) is 22.5 Å². The van der Waals surface area contributed by atoms with Gasteiger partial charge in [0, 0.05) is 12.6 Å². The summed E-state index contributed by atoms with van der Waals surface area (Å²) in [7, 11) is 0. The fraction of sp³-hybridized carbons (Fsp3) is 0.533. The molecule has 1 aromatic carbocycles. The van der Waals surface area contributed by atoms with Crippen molar-refractivity contribution in [2.75, 3.05) is 19.8 Å². The number of ether oxygens (including phenoxy) is 2. The first kappa shape index (κ1) is 17.5. The largest absolute Gasteiger partial charge is 0.486 e. The SMILES string of the molecule is CCNC(=NCc1cc(Cl)c2c(c1)OCCO2)NC1CC1.I. The second-order valence-corrected chi connectivity index (χ2v) is 5.62. The molecule has 0 aromatic heterocycles. The van der Waals surface area contributed by atoms with Gasteiger partial charge in [-0.1, -0.05) is 11.6 Å². The molecule has 0 atom stereocenters. The molecule has 22 heavy (non-hydrogen) atoms. The number of aliphatic imine (C=N–C) groups is 1. The van der Waals surface area contributed by atoms with E-state index < -0.39 is 0 Å². The van der Waals surface area contributed by atoms with Crippen LogP contribution >= 0.6 is 35.6 Å². The van der Waals surface area contributed by atoms with E-state index in [9.17, 15) is 0 Å². The molecule has 3 rings (SSSR count). The van der Waals surface area contributed by atoms with Gasteiger partial charge in [-0.05, 0) is 37.5 Å². The number of nitrogens with one attached hydrogen (secondary N) is 2. The number of fused-ring (bicyclic) bond motifs is 1. The van der Waals surface area contributed by atoms with Crippen LogP contribution in [0.25, 0.3) is 0 Å². The molecule has 1 aliphatic carbocycles. The minimum atomic E-state index is 0. The monoisotopic (exact) mass is 437 g/mol. The molecule has 7 heteroatoms. The standard InChI is InChI=1S/C15H20ClN3O2.HI/c1-2-17-15(19-11-3-4-11)18-9-10-7-12(16)14-13(8-10)20-5-6-21-14;/h7-8,11H,2-6,9H2,1H3,(H2,17,18,19);1H. The Morgan fingerprint density at radius 2 is 2.09 bits per heavy atom. The Kier molecular flexibility index (Phi) is 6.43. The molecular formula is C15H21ClIN3O2. The van der Waals surface area contributed by atoms with Crippen LogP contribution in [0.15, 0.2) is 17.1 Å². The minimum Gasteiger partial charge on any atom is -0.486 e. The third kappa shape index (κ3) is 4.55. The molecule has 1 heterocycles. The summed E-state index contributed by atoms with van der Waals surface area (Å²) < 4.78 is 11.1. The number of guanidine groups is 1.